The van der Waals surface area contributed by atoms with E-state index in [9.17, 15) is 4.79 Å². The Labute approximate surface area is 114 Å². The molecule has 19 heavy (non-hydrogen) atoms. The topological polar surface area (TPSA) is 72.3 Å². The highest BCUT2D eigenvalue weighted by molar-refractivity contribution is 5.99. The highest BCUT2D eigenvalue weighted by atomic mass is 16.1. The maximum Gasteiger partial charge on any atom is 0.250 e. The molecule has 2 rings (SSSR count). The minimum Gasteiger partial charge on any atom is -0.399 e. The molecule has 0 aliphatic carbocycles. The lowest BCUT2D eigenvalue weighted by atomic mass is 9.85. The fraction of sp³-hybridized carbons (Fsp3) is 0.533. The Morgan fingerprint density at radius 1 is 1.26 bits per heavy atom. The van der Waals surface area contributed by atoms with Crippen molar-refractivity contribution >= 4 is 17.3 Å². The van der Waals surface area contributed by atoms with Crippen LogP contribution in [0.3, 0.4) is 0 Å². The van der Waals surface area contributed by atoms with Gasteiger partial charge in [0.05, 0.1) is 11.3 Å². The van der Waals surface area contributed by atoms with Gasteiger partial charge in [0.1, 0.15) is 0 Å². The molecule has 0 radical (unpaired) electrons. The molecule has 1 aromatic rings. The summed E-state index contributed by atoms with van der Waals surface area (Å²) in [5.41, 5.74) is 13.8. The number of amides is 1. The van der Waals surface area contributed by atoms with Crippen LogP contribution in [-0.4, -0.2) is 19.0 Å². The smallest absolute Gasteiger partial charge is 0.250 e. The van der Waals surface area contributed by atoms with Gasteiger partial charge in [-0.1, -0.05) is 13.8 Å². The van der Waals surface area contributed by atoms with Crippen LogP contribution in [0.2, 0.25) is 0 Å². The van der Waals surface area contributed by atoms with E-state index in [1.165, 1.54) is 6.42 Å². The molecule has 0 saturated carbocycles. The third-order valence-corrected chi connectivity index (χ3v) is 3.97. The van der Waals surface area contributed by atoms with Crippen LogP contribution >= 0.6 is 0 Å². The van der Waals surface area contributed by atoms with Gasteiger partial charge in [0, 0.05) is 18.8 Å². The fourth-order valence-corrected chi connectivity index (χ4v) is 2.68. The fourth-order valence-electron chi connectivity index (χ4n) is 2.68. The van der Waals surface area contributed by atoms with Crippen LogP contribution in [0.5, 0.6) is 0 Å². The van der Waals surface area contributed by atoms with Crippen molar-refractivity contribution in [3.05, 3.63) is 23.8 Å². The highest BCUT2D eigenvalue weighted by Crippen LogP contribution is 2.33. The maximum atomic E-state index is 11.5. The molecule has 0 spiro atoms. The van der Waals surface area contributed by atoms with E-state index in [1.54, 1.807) is 12.1 Å². The highest BCUT2D eigenvalue weighted by Gasteiger charge is 2.24. The Balaban J connectivity index is 2.30. The van der Waals surface area contributed by atoms with E-state index in [4.69, 9.17) is 11.5 Å². The summed E-state index contributed by atoms with van der Waals surface area (Å²) in [6.07, 6.45) is 3.44. The molecule has 1 aliphatic heterocycles. The molecule has 1 fully saturated rings. The van der Waals surface area contributed by atoms with E-state index in [-0.39, 0.29) is 0 Å². The zero-order valence-corrected chi connectivity index (χ0v) is 11.8. The Hall–Kier alpha value is -1.71. The zero-order valence-electron chi connectivity index (χ0n) is 11.8. The van der Waals surface area contributed by atoms with E-state index in [0.29, 0.717) is 16.7 Å². The normalized spacial score (nSPS) is 18.9. The van der Waals surface area contributed by atoms with Gasteiger partial charge in [-0.15, -0.1) is 0 Å². The van der Waals surface area contributed by atoms with E-state index in [0.717, 1.165) is 31.6 Å². The van der Waals surface area contributed by atoms with Crippen molar-refractivity contribution < 1.29 is 4.79 Å². The molecule has 1 aromatic carbocycles. The SMILES string of the molecule is CC1(C)CCCN(c2cc(N)ccc2C(N)=O)CC1. The second-order valence-electron chi connectivity index (χ2n) is 6.15. The maximum absolute atomic E-state index is 11.5. The van der Waals surface area contributed by atoms with Crippen molar-refractivity contribution in [2.45, 2.75) is 33.1 Å². The third kappa shape index (κ3) is 3.19. The molecule has 1 saturated heterocycles. The number of primary amides is 1. The van der Waals surface area contributed by atoms with Gasteiger partial charge >= 0.3 is 0 Å². The largest absolute Gasteiger partial charge is 0.399 e. The van der Waals surface area contributed by atoms with Crippen molar-refractivity contribution in [3.8, 4) is 0 Å². The summed E-state index contributed by atoms with van der Waals surface area (Å²) >= 11 is 0. The lowest BCUT2D eigenvalue weighted by Crippen LogP contribution is -2.28. The number of nitrogens with two attached hydrogens (primary N) is 2. The average Bonchev–Trinajstić information content (AvgIpc) is 2.49. The molecule has 1 aliphatic rings. The standard InChI is InChI=1S/C15H23N3O/c1-15(2)6-3-8-18(9-7-15)13-10-11(16)4-5-12(13)14(17)19/h4-5,10H,3,6-9,16H2,1-2H3,(H2,17,19). The van der Waals surface area contributed by atoms with Crippen molar-refractivity contribution in [2.75, 3.05) is 23.7 Å². The van der Waals surface area contributed by atoms with Crippen molar-refractivity contribution in [1.82, 2.24) is 0 Å². The van der Waals surface area contributed by atoms with Crippen molar-refractivity contribution in [3.63, 3.8) is 0 Å². The molecule has 4 heteroatoms. The Kier molecular flexibility index (Phi) is 3.69. The lowest BCUT2D eigenvalue weighted by Gasteiger charge is -2.26. The number of anilines is 2. The van der Waals surface area contributed by atoms with Crippen LogP contribution in [0.15, 0.2) is 18.2 Å². The average molecular weight is 261 g/mol. The number of hydrogen-bond donors (Lipinski definition) is 2. The molecule has 4 N–H and O–H groups in total. The molecule has 0 atom stereocenters. The van der Waals surface area contributed by atoms with Gasteiger partial charge in [-0.25, -0.2) is 0 Å². The van der Waals surface area contributed by atoms with Crippen LogP contribution in [-0.2, 0) is 0 Å². The number of nitrogen functional groups attached to an aromatic ring is 1. The minimum atomic E-state index is -0.390. The summed E-state index contributed by atoms with van der Waals surface area (Å²) in [6, 6.07) is 5.31. The molecule has 1 heterocycles. The van der Waals surface area contributed by atoms with Crippen LogP contribution < -0.4 is 16.4 Å². The second kappa shape index (κ2) is 5.11. The lowest BCUT2D eigenvalue weighted by molar-refractivity contribution is 0.100. The first-order valence-electron chi connectivity index (χ1n) is 6.83. The first-order chi connectivity index (χ1) is 8.89. The number of carbonyl (C=O) groups excluding carboxylic acids is 1. The molecule has 0 unspecified atom stereocenters. The number of benzene rings is 1. The first kappa shape index (κ1) is 13.7. The summed E-state index contributed by atoms with van der Waals surface area (Å²) < 4.78 is 0. The molecule has 4 nitrogen and oxygen atoms in total. The van der Waals surface area contributed by atoms with E-state index >= 15 is 0 Å². The number of rotatable bonds is 2. The van der Waals surface area contributed by atoms with Gasteiger partial charge in [-0.3, -0.25) is 4.79 Å². The number of carbonyl (C=O) groups is 1. The molecular weight excluding hydrogens is 238 g/mol. The summed E-state index contributed by atoms with van der Waals surface area (Å²) in [6.45, 7) is 6.49. The first-order valence-corrected chi connectivity index (χ1v) is 6.83. The third-order valence-electron chi connectivity index (χ3n) is 3.97. The van der Waals surface area contributed by atoms with Gasteiger partial charge in [-0.2, -0.15) is 0 Å². The van der Waals surface area contributed by atoms with Gasteiger partial charge in [-0.05, 0) is 42.9 Å². The molecule has 0 bridgehead atoms. The van der Waals surface area contributed by atoms with Gasteiger partial charge in [0.25, 0.3) is 5.91 Å². The predicted octanol–water partition coefficient (Wildman–Crippen LogP) is 2.38. The van der Waals surface area contributed by atoms with Crippen LogP contribution in [0.25, 0.3) is 0 Å². The quantitative estimate of drug-likeness (QED) is 0.803. The van der Waals surface area contributed by atoms with Gasteiger partial charge in [0.2, 0.25) is 0 Å². The zero-order chi connectivity index (χ0) is 14.0. The molecule has 104 valence electrons. The van der Waals surface area contributed by atoms with E-state index in [2.05, 4.69) is 18.7 Å². The Bertz CT molecular complexity index is 482. The Morgan fingerprint density at radius 3 is 2.68 bits per heavy atom. The van der Waals surface area contributed by atoms with Crippen molar-refractivity contribution in [2.24, 2.45) is 11.1 Å². The second-order valence-corrected chi connectivity index (χ2v) is 6.15. The number of nitrogens with zero attached hydrogens (tertiary/aromatic N) is 1. The van der Waals surface area contributed by atoms with Gasteiger partial charge in [0.15, 0.2) is 0 Å². The summed E-state index contributed by atoms with van der Waals surface area (Å²) in [7, 11) is 0. The molecule has 1 amide bonds. The van der Waals surface area contributed by atoms with E-state index in [1.807, 2.05) is 6.07 Å². The summed E-state index contributed by atoms with van der Waals surface area (Å²) in [5, 5.41) is 0. The number of hydrogen-bond acceptors (Lipinski definition) is 3. The summed E-state index contributed by atoms with van der Waals surface area (Å²) in [4.78, 5) is 13.8. The van der Waals surface area contributed by atoms with Gasteiger partial charge < -0.3 is 16.4 Å². The predicted molar refractivity (Wildman–Crippen MR) is 79.2 cm³/mol. The van der Waals surface area contributed by atoms with Crippen molar-refractivity contribution in [1.29, 1.82) is 0 Å². The minimum absolute atomic E-state index is 0.363. The summed E-state index contributed by atoms with van der Waals surface area (Å²) in [5.74, 6) is -0.390. The molecule has 0 aromatic heterocycles. The molecular formula is C15H23N3O. The van der Waals surface area contributed by atoms with Crippen LogP contribution in [0.4, 0.5) is 11.4 Å². The van der Waals surface area contributed by atoms with Crippen LogP contribution in [0, 0.1) is 5.41 Å². The monoisotopic (exact) mass is 261 g/mol. The van der Waals surface area contributed by atoms with E-state index < -0.39 is 5.91 Å². The van der Waals surface area contributed by atoms with Crippen LogP contribution in [0.1, 0.15) is 43.5 Å². The Morgan fingerprint density at radius 2 is 2.00 bits per heavy atom.